The van der Waals surface area contributed by atoms with E-state index >= 15 is 0 Å². The lowest BCUT2D eigenvalue weighted by Crippen LogP contribution is -2.54. The number of piperazine rings is 1. The Balaban J connectivity index is 0.580. The summed E-state index contributed by atoms with van der Waals surface area (Å²) in [5.41, 5.74) is 13.9. The Morgan fingerprint density at radius 1 is 0.892 bits per heavy atom. The van der Waals surface area contributed by atoms with Crippen LogP contribution >= 0.6 is 11.3 Å². The van der Waals surface area contributed by atoms with Crippen molar-refractivity contribution < 1.29 is 33.8 Å². The summed E-state index contributed by atoms with van der Waals surface area (Å²) in [4.78, 5) is 49.3. The molecular weight excluding hydrogens is 1070 g/mol. The van der Waals surface area contributed by atoms with Gasteiger partial charge in [-0.25, -0.2) is 9.97 Å². The first kappa shape index (κ1) is 56.1. The normalized spacial score (nSPS) is 24.3. The zero-order valence-corrected chi connectivity index (χ0v) is 48.5. The highest BCUT2D eigenvalue weighted by molar-refractivity contribution is 7.13. The van der Waals surface area contributed by atoms with E-state index in [0.717, 1.165) is 97.8 Å². The van der Waals surface area contributed by atoms with Gasteiger partial charge in [0, 0.05) is 113 Å². The van der Waals surface area contributed by atoms with E-state index in [2.05, 4.69) is 68.4 Å². The van der Waals surface area contributed by atoms with E-state index in [9.17, 15) is 25.1 Å². The molecule has 83 heavy (non-hydrogen) atoms. The lowest BCUT2D eigenvalue weighted by Gasteiger charge is -2.44. The number of phenolic OH excluding ortho intramolecular Hbond substituents is 1. The highest BCUT2D eigenvalue weighted by Crippen LogP contribution is 2.42. The molecule has 2 aromatic carbocycles. The van der Waals surface area contributed by atoms with Crippen molar-refractivity contribution in [1.82, 2.24) is 40.4 Å². The zero-order valence-electron chi connectivity index (χ0n) is 47.7. The maximum Gasteiger partial charge on any atom is 0.243 e. The molecule has 2 bridgehead atoms. The molecular formula is C62H75N13O7S. The number of amides is 2. The van der Waals surface area contributed by atoms with Crippen molar-refractivity contribution >= 4 is 46.2 Å². The SMILES string of the molecule is Cc1ncsc1-c1ccc([C@H](C)NC(=O)[C@@H]2C[C@@H](O)CN2C(=O)[C@@H](c2cc(N3CCC(C#N)(CN4CCC(OC5CC(Oc6cc(N7C8CCC7CN(c7cc(-c9ccccc9O)nnc7N)C8)ccn6)C5)CC4)CC3)no2)C(C)C)cc1. The number of aromatic nitrogens is 5. The third-order valence-corrected chi connectivity index (χ3v) is 19.3. The van der Waals surface area contributed by atoms with Gasteiger partial charge < -0.3 is 59.8 Å². The molecule has 5 saturated heterocycles. The second-order valence-electron chi connectivity index (χ2n) is 24.2. The Morgan fingerprint density at radius 3 is 2.34 bits per heavy atom. The monoisotopic (exact) mass is 1150 g/mol. The summed E-state index contributed by atoms with van der Waals surface area (Å²) in [5, 5.41) is 48.1. The number of β-amino-alcohol motifs (C(OH)–C–C–N with tert-alkyl or cyclic N) is 1. The summed E-state index contributed by atoms with van der Waals surface area (Å²) >= 11 is 1.59. The summed E-state index contributed by atoms with van der Waals surface area (Å²) in [5.74, 6) is 0.736. The quantitative estimate of drug-likeness (QED) is 0.0678. The number of nitrogens with two attached hydrogens (primary N) is 1. The number of aromatic hydroxyl groups is 1. The standard InChI is InChI=1S/C62H75N13O7S/c1-37(2)57(61(79)74-33-45(76)26-52(74)60(78)67-38(3)40-9-11-41(12-10-40)58-39(4)66-36-83-58)54-30-55(70-82-54)72-23-18-62(34-63,19-24-72)35-71-21-16-46(17-22-71)80-47-27-48(28-47)81-56-25-42(15-20-65-56)75-43-13-14-44(75)32-73(31-43)51-29-50(68-69-59(51)64)49-7-5-6-8-53(49)77/h5-12,15,20,25,29-30,36-38,43-48,52,57,76-77H,13-14,16-19,21-24,26-28,31-33,35H2,1-4H3,(H2,64,69)(H,67,78)/t38-,43?,44?,45+,47?,48?,52-,57+/m0/s1. The molecule has 5 aliphatic heterocycles. The van der Waals surface area contributed by atoms with Crippen LogP contribution in [0.15, 0.2) is 89.0 Å². The predicted molar refractivity (Wildman–Crippen MR) is 316 cm³/mol. The second-order valence-corrected chi connectivity index (χ2v) is 25.1. The Hall–Kier alpha value is -7.38. The number of phenols is 1. The van der Waals surface area contributed by atoms with Crippen molar-refractivity contribution in [3.8, 4) is 39.4 Å². The van der Waals surface area contributed by atoms with Crippen LogP contribution in [0.5, 0.6) is 11.6 Å². The number of anilines is 4. The minimum atomic E-state index is -0.836. The van der Waals surface area contributed by atoms with E-state index in [0.29, 0.717) is 67.0 Å². The minimum absolute atomic E-state index is 0.0449. The third-order valence-electron chi connectivity index (χ3n) is 18.3. The third kappa shape index (κ3) is 11.8. The van der Waals surface area contributed by atoms with Gasteiger partial charge in [-0.05, 0) is 93.7 Å². The predicted octanol–water partition coefficient (Wildman–Crippen LogP) is 7.88. The fourth-order valence-corrected chi connectivity index (χ4v) is 14.4. The number of hydrogen-bond acceptors (Lipinski definition) is 19. The van der Waals surface area contributed by atoms with E-state index in [1.54, 1.807) is 23.5 Å². The van der Waals surface area contributed by atoms with Crippen LogP contribution in [-0.4, -0.2) is 152 Å². The summed E-state index contributed by atoms with van der Waals surface area (Å²) < 4.78 is 19.0. The number of aryl methyl sites for hydroxylation is 1. The van der Waals surface area contributed by atoms with E-state index in [1.807, 2.05) is 87.9 Å². The van der Waals surface area contributed by atoms with Gasteiger partial charge in [-0.2, -0.15) is 5.26 Å². The highest BCUT2D eigenvalue weighted by Gasteiger charge is 2.46. The number of fused-ring (bicyclic) bond motifs is 2. The molecule has 21 heteroatoms. The summed E-state index contributed by atoms with van der Waals surface area (Å²) in [6.45, 7) is 13.1. The van der Waals surface area contributed by atoms with Crippen LogP contribution in [0.25, 0.3) is 21.7 Å². The molecule has 6 aromatic rings. The number of benzene rings is 2. The van der Waals surface area contributed by atoms with Crippen molar-refractivity contribution in [2.24, 2.45) is 11.3 Å². The number of thiazole rings is 1. The van der Waals surface area contributed by atoms with E-state index in [1.165, 1.54) is 4.90 Å². The van der Waals surface area contributed by atoms with Gasteiger partial charge in [-0.3, -0.25) is 9.59 Å². The molecule has 12 rings (SSSR count). The molecule has 2 amide bonds. The maximum atomic E-state index is 14.5. The summed E-state index contributed by atoms with van der Waals surface area (Å²) in [6, 6.07) is 25.2. The summed E-state index contributed by atoms with van der Waals surface area (Å²) in [6.07, 6.45) is 8.47. The Labute approximate surface area is 488 Å². The van der Waals surface area contributed by atoms with Crippen molar-refractivity contribution in [1.29, 1.82) is 5.26 Å². The average molecular weight is 1150 g/mol. The van der Waals surface area contributed by atoms with Gasteiger partial charge >= 0.3 is 0 Å². The summed E-state index contributed by atoms with van der Waals surface area (Å²) in [7, 11) is 0. The topological polar surface area (TPSA) is 249 Å². The largest absolute Gasteiger partial charge is 0.507 e. The molecule has 0 spiro atoms. The molecule has 1 aliphatic carbocycles. The van der Waals surface area contributed by atoms with Crippen molar-refractivity contribution in [3.63, 3.8) is 0 Å². The van der Waals surface area contributed by atoms with Crippen molar-refractivity contribution in [2.75, 3.05) is 72.8 Å². The molecule has 6 atom stereocenters. The van der Waals surface area contributed by atoms with Crippen molar-refractivity contribution in [3.05, 3.63) is 102 Å². The number of nitriles is 1. The van der Waals surface area contributed by atoms with Gasteiger partial charge in [0.25, 0.3) is 0 Å². The number of ether oxygens (including phenoxy) is 2. The smallest absolute Gasteiger partial charge is 0.243 e. The van der Waals surface area contributed by atoms with Gasteiger partial charge in [-0.15, -0.1) is 21.5 Å². The van der Waals surface area contributed by atoms with Crippen LogP contribution < -0.4 is 30.5 Å². The number of hydrogen-bond donors (Lipinski definition) is 4. The average Bonchev–Trinajstić information content (AvgIpc) is 4.32. The molecule has 1 saturated carbocycles. The number of aliphatic hydroxyl groups excluding tert-OH is 1. The molecule has 2 unspecified atom stereocenters. The number of para-hydroxylation sites is 1. The van der Waals surface area contributed by atoms with Gasteiger partial charge in [0.15, 0.2) is 17.4 Å². The van der Waals surface area contributed by atoms with Gasteiger partial charge in [0.05, 0.1) is 63.3 Å². The molecule has 9 heterocycles. The fourth-order valence-electron chi connectivity index (χ4n) is 13.6. The molecule has 5 N–H and O–H groups in total. The Bertz CT molecular complexity index is 3300. The van der Waals surface area contributed by atoms with Crippen LogP contribution in [0, 0.1) is 29.6 Å². The number of pyridine rings is 1. The maximum absolute atomic E-state index is 14.5. The zero-order chi connectivity index (χ0) is 57.5. The minimum Gasteiger partial charge on any atom is -0.507 e. The second kappa shape index (κ2) is 23.7. The number of rotatable bonds is 17. The van der Waals surface area contributed by atoms with Crippen molar-refractivity contribution in [2.45, 2.75) is 140 Å². The lowest BCUT2D eigenvalue weighted by atomic mass is 9.79. The Morgan fingerprint density at radius 2 is 1.64 bits per heavy atom. The molecule has 436 valence electrons. The molecule has 0 radical (unpaired) electrons. The first-order valence-corrected chi connectivity index (χ1v) is 30.4. The van der Waals surface area contributed by atoms with Crippen LogP contribution in [0.1, 0.15) is 108 Å². The molecule has 20 nitrogen and oxygen atoms in total. The Kier molecular flexibility index (Phi) is 16.0. The first-order valence-electron chi connectivity index (χ1n) is 29.6. The van der Waals surface area contributed by atoms with Crippen LogP contribution in [-0.2, 0) is 14.3 Å². The van der Waals surface area contributed by atoms with Gasteiger partial charge in [-0.1, -0.05) is 55.4 Å². The van der Waals surface area contributed by atoms with E-state index in [4.69, 9.17) is 19.7 Å². The number of nitrogens with zero attached hydrogens (tertiary/aromatic N) is 11. The van der Waals surface area contributed by atoms with Crippen LogP contribution in [0.2, 0.25) is 0 Å². The highest BCUT2D eigenvalue weighted by atomic mass is 32.1. The lowest BCUT2D eigenvalue weighted by molar-refractivity contribution is -0.141. The number of nitrogens with one attached hydrogen (secondary N) is 1. The first-order chi connectivity index (χ1) is 40.2. The number of piperidine rings is 2. The molecule has 4 aromatic heterocycles. The number of aliphatic hydroxyl groups is 1. The number of carbonyl (C=O) groups excluding carboxylic acids is 2. The van der Waals surface area contributed by atoms with Gasteiger partial charge in [0.1, 0.15) is 23.8 Å². The fraction of sp³-hybridized carbons (Fsp3) is 0.516. The number of nitrogen functional groups attached to an aromatic ring is 1. The van der Waals surface area contributed by atoms with Crippen LogP contribution in [0.4, 0.5) is 23.0 Å². The van der Waals surface area contributed by atoms with E-state index < -0.39 is 23.5 Å². The number of likely N-dealkylation sites (tertiary alicyclic amines) is 2. The van der Waals surface area contributed by atoms with E-state index in [-0.39, 0.29) is 72.9 Å². The molecule has 6 fully saturated rings. The van der Waals surface area contributed by atoms with Gasteiger partial charge in [0.2, 0.25) is 17.7 Å². The molecule has 6 aliphatic rings. The number of carbonyl (C=O) groups is 2. The van der Waals surface area contributed by atoms with Crippen LogP contribution in [0.3, 0.4) is 0 Å².